The third kappa shape index (κ3) is 3.12. The van der Waals surface area contributed by atoms with E-state index in [4.69, 9.17) is 4.74 Å². The molecule has 6 nitrogen and oxygen atoms in total. The van der Waals surface area contributed by atoms with Crippen molar-refractivity contribution in [1.82, 2.24) is 9.80 Å². The highest BCUT2D eigenvalue weighted by atomic mass is 16.5. The molecule has 1 amide bonds. The maximum atomic E-state index is 13.0. The lowest BCUT2D eigenvalue weighted by Gasteiger charge is -2.45. The van der Waals surface area contributed by atoms with Gasteiger partial charge in [-0.1, -0.05) is 12.1 Å². The molecule has 4 aliphatic heterocycles. The fraction of sp³-hybridized carbons (Fsp3) is 0.480. The SMILES string of the molecule is CN1C2CCC1CC(N1c3ccccc3Oc3cc(C(=O)N4CCC(O)C4)ccc31)C2. The Morgan fingerprint density at radius 2 is 1.71 bits per heavy atom. The molecular formula is C25H29N3O3. The van der Waals surface area contributed by atoms with Gasteiger partial charge in [-0.25, -0.2) is 0 Å². The van der Waals surface area contributed by atoms with E-state index in [2.05, 4.69) is 29.0 Å². The molecule has 3 fully saturated rings. The summed E-state index contributed by atoms with van der Waals surface area (Å²) in [4.78, 5) is 19.7. The highest BCUT2D eigenvalue weighted by Crippen LogP contribution is 2.50. The van der Waals surface area contributed by atoms with Gasteiger partial charge in [-0.05, 0) is 69.5 Å². The predicted octanol–water partition coefficient (Wildman–Crippen LogP) is 3.76. The normalized spacial score (nSPS) is 29.5. The molecule has 2 aromatic rings. The largest absolute Gasteiger partial charge is 0.453 e. The quantitative estimate of drug-likeness (QED) is 0.803. The smallest absolute Gasteiger partial charge is 0.254 e. The molecule has 2 aromatic carbocycles. The zero-order valence-corrected chi connectivity index (χ0v) is 17.9. The molecule has 0 aromatic heterocycles. The number of hydrogen-bond donors (Lipinski definition) is 1. The van der Waals surface area contributed by atoms with Crippen LogP contribution in [0, 0.1) is 0 Å². The van der Waals surface area contributed by atoms with E-state index in [9.17, 15) is 9.90 Å². The Hall–Kier alpha value is -2.57. The van der Waals surface area contributed by atoms with Gasteiger partial charge in [0.1, 0.15) is 0 Å². The van der Waals surface area contributed by atoms with E-state index in [0.717, 1.165) is 35.7 Å². The van der Waals surface area contributed by atoms with Crippen LogP contribution >= 0.6 is 0 Å². The van der Waals surface area contributed by atoms with Crippen molar-refractivity contribution in [2.75, 3.05) is 25.0 Å². The van der Waals surface area contributed by atoms with E-state index < -0.39 is 6.10 Å². The molecule has 3 atom stereocenters. The summed E-state index contributed by atoms with van der Waals surface area (Å²) >= 11 is 0. The Morgan fingerprint density at radius 3 is 2.45 bits per heavy atom. The lowest BCUT2D eigenvalue weighted by Crippen LogP contribution is -2.48. The molecule has 3 saturated heterocycles. The molecular weight excluding hydrogens is 390 g/mol. The number of rotatable bonds is 2. The van der Waals surface area contributed by atoms with Crippen molar-refractivity contribution in [1.29, 1.82) is 0 Å². The average Bonchev–Trinajstić information content (AvgIpc) is 3.28. The van der Waals surface area contributed by atoms with Gasteiger partial charge >= 0.3 is 0 Å². The maximum absolute atomic E-state index is 13.0. The lowest BCUT2D eigenvalue weighted by atomic mass is 9.94. The van der Waals surface area contributed by atoms with Crippen LogP contribution < -0.4 is 9.64 Å². The summed E-state index contributed by atoms with van der Waals surface area (Å²) in [5.41, 5.74) is 2.78. The van der Waals surface area contributed by atoms with Crippen molar-refractivity contribution in [3.63, 3.8) is 0 Å². The Balaban J connectivity index is 1.36. The second-order valence-corrected chi connectivity index (χ2v) is 9.49. The molecule has 4 aliphatic rings. The first kappa shape index (κ1) is 19.1. The van der Waals surface area contributed by atoms with Gasteiger partial charge in [0, 0.05) is 36.8 Å². The first-order valence-corrected chi connectivity index (χ1v) is 11.5. The number of carbonyl (C=O) groups is 1. The number of aliphatic hydroxyl groups is 1. The summed E-state index contributed by atoms with van der Waals surface area (Å²) in [5, 5.41) is 9.81. The fourth-order valence-corrected chi connectivity index (χ4v) is 6.01. The number of piperidine rings is 1. The number of hydrogen-bond acceptors (Lipinski definition) is 5. The number of para-hydroxylation sites is 2. The molecule has 6 heteroatoms. The highest BCUT2D eigenvalue weighted by Gasteiger charge is 2.42. The average molecular weight is 420 g/mol. The van der Waals surface area contributed by atoms with E-state index in [0.29, 0.717) is 43.2 Å². The van der Waals surface area contributed by atoms with Crippen LogP contribution in [0.25, 0.3) is 0 Å². The minimum atomic E-state index is -0.417. The molecule has 0 spiro atoms. The predicted molar refractivity (Wildman–Crippen MR) is 119 cm³/mol. The molecule has 1 N–H and O–H groups in total. The van der Waals surface area contributed by atoms with Crippen molar-refractivity contribution in [2.45, 2.75) is 56.3 Å². The lowest BCUT2D eigenvalue weighted by molar-refractivity contribution is 0.0764. The summed E-state index contributed by atoms with van der Waals surface area (Å²) in [6.07, 6.45) is 5.09. The Bertz CT molecular complexity index is 1010. The highest BCUT2D eigenvalue weighted by molar-refractivity contribution is 5.96. The van der Waals surface area contributed by atoms with Gasteiger partial charge in [-0.2, -0.15) is 0 Å². The van der Waals surface area contributed by atoms with Crippen molar-refractivity contribution >= 4 is 17.3 Å². The van der Waals surface area contributed by atoms with Gasteiger partial charge in [0.05, 0.1) is 17.5 Å². The van der Waals surface area contributed by atoms with Gasteiger partial charge < -0.3 is 24.5 Å². The van der Waals surface area contributed by atoms with E-state index in [1.54, 1.807) is 4.90 Å². The molecule has 0 saturated carbocycles. The van der Waals surface area contributed by atoms with Crippen LogP contribution in [0.4, 0.5) is 11.4 Å². The van der Waals surface area contributed by atoms with Crippen molar-refractivity contribution in [3.8, 4) is 11.5 Å². The van der Waals surface area contributed by atoms with Gasteiger partial charge in [0.25, 0.3) is 5.91 Å². The number of aliphatic hydroxyl groups excluding tert-OH is 1. The molecule has 162 valence electrons. The van der Waals surface area contributed by atoms with Gasteiger partial charge in [0.2, 0.25) is 0 Å². The third-order valence-corrected chi connectivity index (χ3v) is 7.70. The minimum absolute atomic E-state index is 0.0364. The third-order valence-electron chi connectivity index (χ3n) is 7.70. The summed E-state index contributed by atoms with van der Waals surface area (Å²) in [7, 11) is 2.27. The van der Waals surface area contributed by atoms with E-state index >= 15 is 0 Å². The summed E-state index contributed by atoms with van der Waals surface area (Å²) < 4.78 is 6.29. The number of likely N-dealkylation sites (tertiary alicyclic amines) is 1. The van der Waals surface area contributed by atoms with E-state index in [-0.39, 0.29) is 5.91 Å². The number of nitrogens with zero attached hydrogens (tertiary/aromatic N) is 3. The maximum Gasteiger partial charge on any atom is 0.254 e. The monoisotopic (exact) mass is 419 g/mol. The molecule has 31 heavy (non-hydrogen) atoms. The van der Waals surface area contributed by atoms with Gasteiger partial charge in [0.15, 0.2) is 11.5 Å². The molecule has 6 rings (SSSR count). The number of fused-ring (bicyclic) bond motifs is 4. The van der Waals surface area contributed by atoms with Gasteiger partial charge in [-0.15, -0.1) is 0 Å². The number of β-amino-alcohol motifs (C(OH)–C–C–N with tert-alkyl or cyclic N) is 1. The standard InChI is InChI=1S/C25H29N3O3/c1-26-17-7-8-18(26)14-19(13-17)28-21-4-2-3-5-23(21)31-24-12-16(6-9-22(24)28)25(30)27-11-10-20(29)15-27/h2-6,9,12,17-20,29H,7-8,10-11,13-15H2,1H3. The second-order valence-electron chi connectivity index (χ2n) is 9.49. The van der Waals surface area contributed by atoms with Crippen LogP contribution in [0.1, 0.15) is 42.5 Å². The van der Waals surface area contributed by atoms with E-state index in [1.807, 2.05) is 30.3 Å². The molecule has 0 radical (unpaired) electrons. The second kappa shape index (κ2) is 7.24. The molecule has 2 bridgehead atoms. The van der Waals surface area contributed by atoms with E-state index in [1.165, 1.54) is 12.8 Å². The van der Waals surface area contributed by atoms with Crippen LogP contribution in [0.3, 0.4) is 0 Å². The van der Waals surface area contributed by atoms with Crippen molar-refractivity contribution in [3.05, 3.63) is 48.0 Å². The van der Waals surface area contributed by atoms with Crippen molar-refractivity contribution < 1.29 is 14.6 Å². The van der Waals surface area contributed by atoms with Crippen LogP contribution in [-0.4, -0.2) is 65.2 Å². The zero-order valence-electron chi connectivity index (χ0n) is 17.9. The summed E-state index contributed by atoms with van der Waals surface area (Å²) in [6.45, 7) is 1.01. The topological polar surface area (TPSA) is 56.2 Å². The van der Waals surface area contributed by atoms with Crippen LogP contribution in [0.5, 0.6) is 11.5 Å². The Labute approximate surface area is 183 Å². The Kier molecular flexibility index (Phi) is 4.47. The molecule has 4 heterocycles. The first-order valence-electron chi connectivity index (χ1n) is 11.5. The van der Waals surface area contributed by atoms with Crippen LogP contribution in [0.2, 0.25) is 0 Å². The molecule has 3 unspecified atom stereocenters. The minimum Gasteiger partial charge on any atom is -0.453 e. The Morgan fingerprint density at radius 1 is 0.968 bits per heavy atom. The number of carbonyl (C=O) groups excluding carboxylic acids is 1. The number of anilines is 2. The molecule has 0 aliphatic carbocycles. The van der Waals surface area contributed by atoms with Crippen LogP contribution in [-0.2, 0) is 0 Å². The van der Waals surface area contributed by atoms with Gasteiger partial charge in [-0.3, -0.25) is 4.79 Å². The van der Waals surface area contributed by atoms with Crippen molar-refractivity contribution in [2.24, 2.45) is 0 Å². The summed E-state index contributed by atoms with van der Waals surface area (Å²) in [5.74, 6) is 1.56. The fourth-order valence-electron chi connectivity index (χ4n) is 6.01. The van der Waals surface area contributed by atoms with Crippen LogP contribution in [0.15, 0.2) is 42.5 Å². The zero-order chi connectivity index (χ0) is 21.1. The number of ether oxygens (including phenoxy) is 1. The number of benzene rings is 2. The summed E-state index contributed by atoms with van der Waals surface area (Å²) in [6, 6.07) is 15.8. The first-order chi connectivity index (χ1) is 15.1. The number of amides is 1.